The van der Waals surface area contributed by atoms with E-state index in [0.717, 1.165) is 29.8 Å². The average Bonchev–Trinajstić information content (AvgIpc) is 2.84. The molecule has 4 nitrogen and oxygen atoms in total. The standard InChI is InChI=1S/C16H17N3O.2ClH/c1-10(20)19-7-6-12-8-11(2-5-16(12)19)14-9-13(17)3-4-15(14)18;;/h2-5,8-9H,6-7,17-18H2,1H3;2*1H. The van der Waals surface area contributed by atoms with Gasteiger partial charge in [0, 0.05) is 36.1 Å². The fourth-order valence-electron chi connectivity index (χ4n) is 2.72. The highest BCUT2D eigenvalue weighted by atomic mass is 35.5. The molecule has 0 aromatic heterocycles. The van der Waals surface area contributed by atoms with E-state index in [0.29, 0.717) is 11.4 Å². The Morgan fingerprint density at radius 2 is 1.82 bits per heavy atom. The van der Waals surface area contributed by atoms with Gasteiger partial charge in [0.05, 0.1) is 0 Å². The summed E-state index contributed by atoms with van der Waals surface area (Å²) in [4.78, 5) is 13.4. The second kappa shape index (κ2) is 6.90. The first kappa shape index (κ1) is 18.1. The number of carbonyl (C=O) groups excluding carboxylic acids is 1. The van der Waals surface area contributed by atoms with E-state index < -0.39 is 0 Å². The average molecular weight is 340 g/mol. The van der Waals surface area contributed by atoms with Crippen LogP contribution in [0, 0.1) is 0 Å². The van der Waals surface area contributed by atoms with Crippen LogP contribution in [0.1, 0.15) is 12.5 Å². The SMILES string of the molecule is CC(=O)N1CCc2cc(-c3cc(N)ccc3N)ccc21.Cl.Cl. The summed E-state index contributed by atoms with van der Waals surface area (Å²) in [7, 11) is 0. The number of anilines is 3. The van der Waals surface area contributed by atoms with Crippen molar-refractivity contribution in [2.75, 3.05) is 22.9 Å². The Morgan fingerprint density at radius 3 is 2.50 bits per heavy atom. The van der Waals surface area contributed by atoms with E-state index in [2.05, 4.69) is 6.07 Å². The third kappa shape index (κ3) is 3.13. The van der Waals surface area contributed by atoms with E-state index in [9.17, 15) is 4.79 Å². The maximum absolute atomic E-state index is 11.6. The molecule has 0 aliphatic carbocycles. The molecule has 1 aliphatic rings. The predicted molar refractivity (Wildman–Crippen MR) is 96.9 cm³/mol. The summed E-state index contributed by atoms with van der Waals surface area (Å²) >= 11 is 0. The normalized spacial score (nSPS) is 12.1. The summed E-state index contributed by atoms with van der Waals surface area (Å²) in [5, 5.41) is 0. The molecule has 0 spiro atoms. The Morgan fingerprint density at radius 1 is 1.09 bits per heavy atom. The molecule has 1 heterocycles. The molecule has 0 saturated heterocycles. The molecule has 0 saturated carbocycles. The van der Waals surface area contributed by atoms with Gasteiger partial charge in [0.15, 0.2) is 0 Å². The van der Waals surface area contributed by atoms with E-state index in [-0.39, 0.29) is 30.7 Å². The van der Waals surface area contributed by atoms with Gasteiger partial charge >= 0.3 is 0 Å². The third-order valence-corrected chi connectivity index (χ3v) is 3.74. The van der Waals surface area contributed by atoms with Crippen LogP contribution in [0.2, 0.25) is 0 Å². The Kier molecular flexibility index (Phi) is 5.69. The maximum Gasteiger partial charge on any atom is 0.223 e. The number of nitrogens with two attached hydrogens (primary N) is 2. The number of nitrogen functional groups attached to an aromatic ring is 2. The smallest absolute Gasteiger partial charge is 0.223 e. The molecule has 22 heavy (non-hydrogen) atoms. The Labute approximate surface area is 142 Å². The van der Waals surface area contributed by atoms with Crippen molar-refractivity contribution in [3.8, 4) is 11.1 Å². The molecule has 3 rings (SSSR count). The summed E-state index contributed by atoms with van der Waals surface area (Å²) < 4.78 is 0. The fourth-order valence-corrected chi connectivity index (χ4v) is 2.72. The monoisotopic (exact) mass is 339 g/mol. The van der Waals surface area contributed by atoms with Crippen molar-refractivity contribution in [2.24, 2.45) is 0 Å². The van der Waals surface area contributed by atoms with E-state index in [1.807, 2.05) is 29.2 Å². The minimum absolute atomic E-state index is 0. The van der Waals surface area contributed by atoms with Crippen LogP contribution < -0.4 is 16.4 Å². The van der Waals surface area contributed by atoms with Crippen molar-refractivity contribution in [3.63, 3.8) is 0 Å². The largest absolute Gasteiger partial charge is 0.399 e. The van der Waals surface area contributed by atoms with Gasteiger partial charge in [-0.1, -0.05) is 6.07 Å². The molecule has 118 valence electrons. The molecule has 4 N–H and O–H groups in total. The zero-order valence-corrected chi connectivity index (χ0v) is 13.8. The highest BCUT2D eigenvalue weighted by molar-refractivity contribution is 5.94. The number of halogens is 2. The van der Waals surface area contributed by atoms with Crippen molar-refractivity contribution in [3.05, 3.63) is 42.0 Å². The minimum Gasteiger partial charge on any atom is -0.399 e. The fraction of sp³-hybridized carbons (Fsp3) is 0.188. The van der Waals surface area contributed by atoms with Crippen molar-refractivity contribution in [1.82, 2.24) is 0 Å². The molecule has 2 aromatic rings. The van der Waals surface area contributed by atoms with Gasteiger partial charge in [-0.15, -0.1) is 24.8 Å². The number of hydrogen-bond acceptors (Lipinski definition) is 3. The summed E-state index contributed by atoms with van der Waals surface area (Å²) in [5.41, 5.74) is 17.4. The quantitative estimate of drug-likeness (QED) is 0.783. The van der Waals surface area contributed by atoms with E-state index in [4.69, 9.17) is 11.5 Å². The molecule has 1 amide bonds. The number of nitrogens with zero attached hydrogens (tertiary/aromatic N) is 1. The van der Waals surface area contributed by atoms with Crippen LogP contribution in [0.5, 0.6) is 0 Å². The molecule has 0 unspecified atom stereocenters. The zero-order chi connectivity index (χ0) is 14.3. The number of benzene rings is 2. The number of amides is 1. The van der Waals surface area contributed by atoms with Gasteiger partial charge in [-0.25, -0.2) is 0 Å². The lowest BCUT2D eigenvalue weighted by Crippen LogP contribution is -2.25. The maximum atomic E-state index is 11.6. The summed E-state index contributed by atoms with van der Waals surface area (Å²) in [6, 6.07) is 11.6. The third-order valence-electron chi connectivity index (χ3n) is 3.74. The summed E-state index contributed by atoms with van der Waals surface area (Å²) in [6.07, 6.45) is 0.880. The van der Waals surface area contributed by atoms with Crippen LogP contribution in [0.25, 0.3) is 11.1 Å². The summed E-state index contributed by atoms with van der Waals surface area (Å²) in [5.74, 6) is 0.0833. The second-order valence-electron chi connectivity index (χ2n) is 5.11. The highest BCUT2D eigenvalue weighted by Gasteiger charge is 2.22. The van der Waals surface area contributed by atoms with Crippen LogP contribution in [0.15, 0.2) is 36.4 Å². The van der Waals surface area contributed by atoms with Crippen LogP contribution in [0.4, 0.5) is 17.1 Å². The van der Waals surface area contributed by atoms with Gasteiger partial charge in [-0.3, -0.25) is 4.79 Å². The molecule has 0 atom stereocenters. The van der Waals surface area contributed by atoms with Crippen LogP contribution >= 0.6 is 24.8 Å². The van der Waals surface area contributed by atoms with Gasteiger partial charge in [-0.2, -0.15) is 0 Å². The summed E-state index contributed by atoms with van der Waals surface area (Å²) in [6.45, 7) is 2.35. The first-order valence-corrected chi connectivity index (χ1v) is 6.62. The highest BCUT2D eigenvalue weighted by Crippen LogP contribution is 2.34. The number of rotatable bonds is 1. The molecule has 1 aliphatic heterocycles. The number of fused-ring (bicyclic) bond motifs is 1. The Bertz CT molecular complexity index is 704. The van der Waals surface area contributed by atoms with Crippen LogP contribution in [0.3, 0.4) is 0 Å². The first-order valence-electron chi connectivity index (χ1n) is 6.62. The van der Waals surface area contributed by atoms with Gasteiger partial charge in [0.1, 0.15) is 0 Å². The predicted octanol–water partition coefficient (Wildman–Crippen LogP) is 3.27. The van der Waals surface area contributed by atoms with Crippen molar-refractivity contribution < 1.29 is 4.79 Å². The molecular weight excluding hydrogens is 321 g/mol. The van der Waals surface area contributed by atoms with E-state index in [1.165, 1.54) is 5.56 Å². The van der Waals surface area contributed by atoms with Gasteiger partial charge < -0.3 is 16.4 Å². The van der Waals surface area contributed by atoms with E-state index in [1.54, 1.807) is 13.0 Å². The van der Waals surface area contributed by atoms with Gasteiger partial charge in [0.2, 0.25) is 5.91 Å². The zero-order valence-electron chi connectivity index (χ0n) is 12.2. The van der Waals surface area contributed by atoms with Crippen LogP contribution in [-0.2, 0) is 11.2 Å². The van der Waals surface area contributed by atoms with Crippen LogP contribution in [-0.4, -0.2) is 12.5 Å². The molecule has 6 heteroatoms. The van der Waals surface area contributed by atoms with Crippen molar-refractivity contribution in [2.45, 2.75) is 13.3 Å². The number of carbonyl (C=O) groups is 1. The molecule has 0 fully saturated rings. The second-order valence-corrected chi connectivity index (χ2v) is 5.11. The molecule has 0 bridgehead atoms. The Hall–Kier alpha value is -1.91. The van der Waals surface area contributed by atoms with Crippen molar-refractivity contribution >= 4 is 47.8 Å². The lowest BCUT2D eigenvalue weighted by molar-refractivity contribution is -0.116. The minimum atomic E-state index is 0. The first-order chi connectivity index (χ1) is 9.56. The van der Waals surface area contributed by atoms with Gasteiger partial charge in [-0.05, 0) is 47.9 Å². The molecule has 2 aromatic carbocycles. The molecular formula is C16H19Cl2N3O. The lowest BCUT2D eigenvalue weighted by atomic mass is 10.00. The lowest BCUT2D eigenvalue weighted by Gasteiger charge is -2.15. The Balaban J connectivity index is 0.00000121. The van der Waals surface area contributed by atoms with E-state index >= 15 is 0 Å². The molecule has 0 radical (unpaired) electrons. The number of hydrogen-bond donors (Lipinski definition) is 2. The van der Waals surface area contributed by atoms with Crippen molar-refractivity contribution in [1.29, 1.82) is 0 Å². The topological polar surface area (TPSA) is 72.3 Å². The van der Waals surface area contributed by atoms with Gasteiger partial charge in [0.25, 0.3) is 0 Å².